The number of hydrogen-bond acceptors (Lipinski definition) is 7. The number of nitro groups is 1. The molecule has 8 nitrogen and oxygen atoms in total. The van der Waals surface area contributed by atoms with Crippen LogP contribution in [0.4, 0.5) is 23.1 Å². The molecule has 0 spiro atoms. The van der Waals surface area contributed by atoms with Crippen LogP contribution >= 0.6 is 0 Å². The molecule has 22 heavy (non-hydrogen) atoms. The lowest BCUT2D eigenvalue weighted by atomic mass is 10.2. The van der Waals surface area contributed by atoms with Crippen LogP contribution in [0, 0.1) is 17.0 Å². The zero-order chi connectivity index (χ0) is 16.1. The maximum absolute atomic E-state index is 11.4. The molecule has 8 heteroatoms. The van der Waals surface area contributed by atoms with Crippen LogP contribution in [0.5, 0.6) is 0 Å². The normalized spacial score (nSPS) is 11.8. The Kier molecular flexibility index (Phi) is 4.82. The summed E-state index contributed by atoms with van der Waals surface area (Å²) in [6, 6.07) is 3.70. The number of hydrogen-bond donors (Lipinski definition) is 2. The molecule has 2 aromatic heterocycles. The van der Waals surface area contributed by atoms with Crippen LogP contribution in [0.2, 0.25) is 0 Å². The van der Waals surface area contributed by atoms with Gasteiger partial charge in [-0.1, -0.05) is 6.92 Å². The van der Waals surface area contributed by atoms with Crippen molar-refractivity contribution in [2.45, 2.75) is 33.2 Å². The van der Waals surface area contributed by atoms with Gasteiger partial charge in [0.1, 0.15) is 12.1 Å². The van der Waals surface area contributed by atoms with Gasteiger partial charge in [0.25, 0.3) is 0 Å². The summed E-state index contributed by atoms with van der Waals surface area (Å²) in [5.41, 5.74) is 0.804. The van der Waals surface area contributed by atoms with Crippen LogP contribution in [-0.2, 0) is 0 Å². The Hall–Kier alpha value is -2.77. The van der Waals surface area contributed by atoms with E-state index in [1.807, 2.05) is 26.8 Å². The van der Waals surface area contributed by atoms with Crippen molar-refractivity contribution in [1.29, 1.82) is 0 Å². The average Bonchev–Trinajstić information content (AvgIpc) is 2.47. The molecule has 0 radical (unpaired) electrons. The molecule has 0 aromatic carbocycles. The van der Waals surface area contributed by atoms with Crippen LogP contribution in [0.25, 0.3) is 0 Å². The molecule has 0 bridgehead atoms. The quantitative estimate of drug-likeness (QED) is 0.624. The molecule has 1 atom stereocenters. The minimum atomic E-state index is -0.497. The summed E-state index contributed by atoms with van der Waals surface area (Å²) >= 11 is 0. The predicted octanol–water partition coefficient (Wildman–Crippen LogP) is 3.04. The van der Waals surface area contributed by atoms with E-state index in [4.69, 9.17) is 0 Å². The molecule has 0 aliphatic heterocycles. The molecule has 0 saturated carbocycles. The van der Waals surface area contributed by atoms with E-state index in [2.05, 4.69) is 25.6 Å². The van der Waals surface area contributed by atoms with Crippen molar-refractivity contribution in [3.8, 4) is 0 Å². The summed E-state index contributed by atoms with van der Waals surface area (Å²) in [4.78, 5) is 23.0. The van der Waals surface area contributed by atoms with E-state index >= 15 is 0 Å². The number of aryl methyl sites for hydroxylation is 1. The fourth-order valence-electron chi connectivity index (χ4n) is 1.81. The second-order valence-electron chi connectivity index (χ2n) is 4.97. The van der Waals surface area contributed by atoms with Gasteiger partial charge in [-0.05, 0) is 38.0 Å². The van der Waals surface area contributed by atoms with Gasteiger partial charge in [0.05, 0.1) is 4.92 Å². The molecule has 0 aliphatic rings. The molecule has 0 amide bonds. The van der Waals surface area contributed by atoms with Crippen molar-refractivity contribution in [2.75, 3.05) is 10.6 Å². The number of nitrogens with zero attached hydrogens (tertiary/aromatic N) is 4. The highest BCUT2D eigenvalue weighted by Gasteiger charge is 2.24. The molecule has 2 heterocycles. The first-order valence-electron chi connectivity index (χ1n) is 6.96. The van der Waals surface area contributed by atoms with Gasteiger partial charge in [-0.3, -0.25) is 10.1 Å². The zero-order valence-electron chi connectivity index (χ0n) is 12.7. The van der Waals surface area contributed by atoms with Gasteiger partial charge in [0, 0.05) is 12.2 Å². The Morgan fingerprint density at radius 3 is 2.68 bits per heavy atom. The first kappa shape index (κ1) is 15.6. The third-order valence-electron chi connectivity index (χ3n) is 3.16. The third kappa shape index (κ3) is 3.66. The maximum atomic E-state index is 11.4. The van der Waals surface area contributed by atoms with E-state index in [-0.39, 0.29) is 23.4 Å². The van der Waals surface area contributed by atoms with Crippen LogP contribution in [0.3, 0.4) is 0 Å². The van der Waals surface area contributed by atoms with Gasteiger partial charge in [-0.15, -0.1) is 0 Å². The van der Waals surface area contributed by atoms with Gasteiger partial charge in [0.2, 0.25) is 11.6 Å². The predicted molar refractivity (Wildman–Crippen MR) is 84.3 cm³/mol. The lowest BCUT2D eigenvalue weighted by molar-refractivity contribution is -0.383. The number of aromatic nitrogens is 3. The Labute approximate surface area is 128 Å². The van der Waals surface area contributed by atoms with Crippen molar-refractivity contribution in [1.82, 2.24) is 15.0 Å². The highest BCUT2D eigenvalue weighted by Crippen LogP contribution is 2.31. The van der Waals surface area contributed by atoms with Crippen molar-refractivity contribution in [3.63, 3.8) is 0 Å². The Bertz CT molecular complexity index is 676. The third-order valence-corrected chi connectivity index (χ3v) is 3.16. The molecule has 116 valence electrons. The van der Waals surface area contributed by atoms with Gasteiger partial charge >= 0.3 is 5.69 Å². The van der Waals surface area contributed by atoms with Gasteiger partial charge in [-0.2, -0.15) is 0 Å². The highest BCUT2D eigenvalue weighted by molar-refractivity contribution is 5.72. The van der Waals surface area contributed by atoms with Crippen LogP contribution in [0.1, 0.15) is 25.8 Å². The van der Waals surface area contributed by atoms with E-state index in [1.54, 1.807) is 12.3 Å². The molecule has 2 N–H and O–H groups in total. The summed E-state index contributed by atoms with van der Waals surface area (Å²) in [5.74, 6) is 0.810. The number of pyridine rings is 1. The first-order valence-corrected chi connectivity index (χ1v) is 6.96. The summed E-state index contributed by atoms with van der Waals surface area (Å²) in [6.45, 7) is 5.83. The molecule has 2 rings (SSSR count). The highest BCUT2D eigenvalue weighted by atomic mass is 16.6. The molecule has 2 aromatic rings. The minimum absolute atomic E-state index is 0.0681. The monoisotopic (exact) mass is 302 g/mol. The smallest absolute Gasteiger partial charge is 0.353 e. The number of nitrogens with one attached hydrogen (secondary N) is 2. The van der Waals surface area contributed by atoms with Crippen LogP contribution in [-0.4, -0.2) is 25.9 Å². The summed E-state index contributed by atoms with van der Waals surface area (Å²) in [5, 5.41) is 17.3. The summed E-state index contributed by atoms with van der Waals surface area (Å²) < 4.78 is 0. The van der Waals surface area contributed by atoms with E-state index in [1.165, 1.54) is 6.33 Å². The lowest BCUT2D eigenvalue weighted by Gasteiger charge is -2.13. The standard InChI is InChI=1S/C14H18N6O2/c1-4-10(3)18-13-12(20(21)22)14(17-8-16-13)19-11-7-9(2)5-6-15-11/h5-8,10H,4H2,1-3H3,(H2,15,16,17,18,19). The number of rotatable bonds is 6. The van der Waals surface area contributed by atoms with Crippen molar-refractivity contribution in [3.05, 3.63) is 40.3 Å². The summed E-state index contributed by atoms with van der Waals surface area (Å²) in [6.07, 6.45) is 3.74. The maximum Gasteiger partial charge on any atom is 0.353 e. The van der Waals surface area contributed by atoms with E-state index in [0.29, 0.717) is 5.82 Å². The van der Waals surface area contributed by atoms with Gasteiger partial charge in [-0.25, -0.2) is 15.0 Å². The molecular formula is C14H18N6O2. The lowest BCUT2D eigenvalue weighted by Crippen LogP contribution is -2.16. The van der Waals surface area contributed by atoms with E-state index in [0.717, 1.165) is 12.0 Å². The molecule has 0 fully saturated rings. The second kappa shape index (κ2) is 6.79. The van der Waals surface area contributed by atoms with Gasteiger partial charge < -0.3 is 10.6 Å². The molecular weight excluding hydrogens is 284 g/mol. The van der Waals surface area contributed by atoms with Gasteiger partial charge in [0.15, 0.2) is 0 Å². The Balaban J connectivity index is 2.38. The van der Waals surface area contributed by atoms with Crippen molar-refractivity contribution < 1.29 is 4.92 Å². The van der Waals surface area contributed by atoms with E-state index in [9.17, 15) is 10.1 Å². The Morgan fingerprint density at radius 2 is 2.05 bits per heavy atom. The topological polar surface area (TPSA) is 106 Å². The summed E-state index contributed by atoms with van der Waals surface area (Å²) in [7, 11) is 0. The largest absolute Gasteiger partial charge is 0.362 e. The SMILES string of the molecule is CCC(C)Nc1ncnc(Nc2cc(C)ccn2)c1[N+](=O)[O-]. The van der Waals surface area contributed by atoms with Crippen LogP contribution < -0.4 is 10.6 Å². The number of anilines is 3. The van der Waals surface area contributed by atoms with E-state index < -0.39 is 4.92 Å². The fraction of sp³-hybridized carbons (Fsp3) is 0.357. The minimum Gasteiger partial charge on any atom is -0.362 e. The molecule has 0 aliphatic carbocycles. The Morgan fingerprint density at radius 1 is 1.32 bits per heavy atom. The zero-order valence-corrected chi connectivity index (χ0v) is 12.7. The second-order valence-corrected chi connectivity index (χ2v) is 4.97. The van der Waals surface area contributed by atoms with Crippen LogP contribution in [0.15, 0.2) is 24.7 Å². The fourth-order valence-corrected chi connectivity index (χ4v) is 1.81. The van der Waals surface area contributed by atoms with Crippen molar-refractivity contribution >= 4 is 23.1 Å². The first-order chi connectivity index (χ1) is 10.5. The average molecular weight is 302 g/mol. The molecule has 0 saturated heterocycles. The molecule has 1 unspecified atom stereocenters. The van der Waals surface area contributed by atoms with Crippen molar-refractivity contribution in [2.24, 2.45) is 0 Å².